The van der Waals surface area contributed by atoms with E-state index in [1.54, 1.807) is 19.2 Å². The molecule has 0 aliphatic rings. The molecule has 0 saturated carbocycles. The fourth-order valence-electron chi connectivity index (χ4n) is 1.56. The average molecular weight is 279 g/mol. The number of hydrogen-bond acceptors (Lipinski definition) is 5. The number of aromatic nitrogens is 2. The van der Waals surface area contributed by atoms with E-state index in [1.807, 2.05) is 0 Å². The number of amides is 1. The molecule has 0 bridgehead atoms. The van der Waals surface area contributed by atoms with Crippen LogP contribution >= 0.6 is 0 Å². The van der Waals surface area contributed by atoms with E-state index in [9.17, 15) is 9.18 Å². The van der Waals surface area contributed by atoms with Gasteiger partial charge in [0.2, 0.25) is 0 Å². The molecule has 0 aliphatic heterocycles. The van der Waals surface area contributed by atoms with Crippen LogP contribution in [0.4, 0.5) is 4.39 Å². The summed E-state index contributed by atoms with van der Waals surface area (Å²) in [7, 11) is 1.59. The van der Waals surface area contributed by atoms with Crippen LogP contribution < -0.4 is 5.32 Å². The molecule has 1 heterocycles. The third-order valence-corrected chi connectivity index (χ3v) is 2.54. The van der Waals surface area contributed by atoms with Gasteiger partial charge < -0.3 is 14.6 Å². The number of nitrogens with zero attached hydrogens (tertiary/aromatic N) is 2. The highest BCUT2D eigenvalue weighted by atomic mass is 19.1. The molecular weight excluding hydrogens is 265 g/mol. The average Bonchev–Trinajstić information content (AvgIpc) is 2.93. The Morgan fingerprint density at radius 3 is 3.00 bits per heavy atom. The van der Waals surface area contributed by atoms with E-state index >= 15 is 0 Å². The summed E-state index contributed by atoms with van der Waals surface area (Å²) in [5, 5.41) is 6.15. The Morgan fingerprint density at radius 2 is 2.25 bits per heavy atom. The van der Waals surface area contributed by atoms with Crippen molar-refractivity contribution >= 4 is 5.91 Å². The summed E-state index contributed by atoms with van der Waals surface area (Å²) in [6, 6.07) is 5.98. The van der Waals surface area contributed by atoms with Crippen molar-refractivity contribution in [2.45, 2.75) is 6.42 Å². The van der Waals surface area contributed by atoms with Gasteiger partial charge in [-0.2, -0.15) is 4.98 Å². The summed E-state index contributed by atoms with van der Waals surface area (Å²) in [5.41, 5.74) is 0.165. The van der Waals surface area contributed by atoms with Crippen molar-refractivity contribution in [2.24, 2.45) is 0 Å². The Balaban J connectivity index is 2.02. The number of nitrogens with one attached hydrogen (secondary N) is 1. The van der Waals surface area contributed by atoms with Crippen LogP contribution in [0.25, 0.3) is 11.5 Å². The number of rotatable bonds is 6. The predicted octanol–water partition coefficient (Wildman–Crippen LogP) is 1.64. The summed E-state index contributed by atoms with van der Waals surface area (Å²) >= 11 is 0. The van der Waals surface area contributed by atoms with Crippen LogP contribution in [0, 0.1) is 5.82 Å². The molecular formula is C13H14FN3O3. The van der Waals surface area contributed by atoms with E-state index in [1.165, 1.54) is 12.1 Å². The predicted molar refractivity (Wildman–Crippen MR) is 68.5 cm³/mol. The highest BCUT2D eigenvalue weighted by Crippen LogP contribution is 2.20. The molecule has 1 N–H and O–H groups in total. The highest BCUT2D eigenvalue weighted by molar-refractivity contribution is 5.90. The van der Waals surface area contributed by atoms with Gasteiger partial charge in [-0.05, 0) is 18.6 Å². The minimum Gasteiger partial charge on any atom is -0.385 e. The van der Waals surface area contributed by atoms with Gasteiger partial charge >= 0.3 is 0 Å². The molecule has 1 aromatic heterocycles. The highest BCUT2D eigenvalue weighted by Gasteiger charge is 2.17. The molecule has 2 rings (SSSR count). The zero-order valence-electron chi connectivity index (χ0n) is 10.9. The number of halogens is 1. The van der Waals surface area contributed by atoms with Gasteiger partial charge in [0.05, 0.1) is 5.56 Å². The van der Waals surface area contributed by atoms with Crippen molar-refractivity contribution in [3.05, 3.63) is 35.9 Å². The lowest BCUT2D eigenvalue weighted by molar-refractivity contribution is 0.0935. The van der Waals surface area contributed by atoms with E-state index in [-0.39, 0.29) is 17.3 Å². The van der Waals surface area contributed by atoms with E-state index in [4.69, 9.17) is 9.26 Å². The van der Waals surface area contributed by atoms with Gasteiger partial charge in [0, 0.05) is 20.3 Å². The summed E-state index contributed by atoms with van der Waals surface area (Å²) in [4.78, 5) is 15.6. The van der Waals surface area contributed by atoms with Gasteiger partial charge in [-0.1, -0.05) is 17.3 Å². The molecule has 0 spiro atoms. The summed E-state index contributed by atoms with van der Waals surface area (Å²) in [6.07, 6.45) is 0.681. The maximum atomic E-state index is 13.5. The van der Waals surface area contributed by atoms with Gasteiger partial charge in [0.15, 0.2) is 0 Å². The molecule has 0 saturated heterocycles. The minimum absolute atomic E-state index is 0.0230. The van der Waals surface area contributed by atoms with Gasteiger partial charge in [-0.15, -0.1) is 0 Å². The van der Waals surface area contributed by atoms with Gasteiger partial charge in [0.1, 0.15) is 5.82 Å². The normalized spacial score (nSPS) is 10.5. The molecule has 7 heteroatoms. The standard InChI is InChI=1S/C13H14FN3O3/c1-19-8-4-7-15-12(18)11-16-13(20-17-11)9-5-2-3-6-10(9)14/h2-3,5-6H,4,7-8H2,1H3,(H,15,18). The Labute approximate surface area is 114 Å². The van der Waals surface area contributed by atoms with E-state index in [0.717, 1.165) is 0 Å². The quantitative estimate of drug-likeness (QED) is 0.813. The van der Waals surface area contributed by atoms with Crippen LogP contribution in [0.3, 0.4) is 0 Å². The first-order chi connectivity index (χ1) is 9.72. The first-order valence-electron chi connectivity index (χ1n) is 6.08. The second-order valence-corrected chi connectivity index (χ2v) is 4.01. The van der Waals surface area contributed by atoms with Crippen molar-refractivity contribution in [3.8, 4) is 11.5 Å². The molecule has 0 fully saturated rings. The van der Waals surface area contributed by atoms with Crippen LogP contribution in [-0.2, 0) is 4.74 Å². The van der Waals surface area contributed by atoms with Gasteiger partial charge in [-0.3, -0.25) is 4.79 Å². The fourth-order valence-corrected chi connectivity index (χ4v) is 1.56. The molecule has 0 radical (unpaired) electrons. The number of carbonyl (C=O) groups is 1. The fraction of sp³-hybridized carbons (Fsp3) is 0.308. The maximum absolute atomic E-state index is 13.5. The monoisotopic (exact) mass is 279 g/mol. The van der Waals surface area contributed by atoms with E-state index in [0.29, 0.717) is 19.6 Å². The first-order valence-corrected chi connectivity index (χ1v) is 6.08. The summed E-state index contributed by atoms with van der Waals surface area (Å²) in [5.74, 6) is -1.10. The lowest BCUT2D eigenvalue weighted by atomic mass is 10.2. The van der Waals surface area contributed by atoms with Crippen LogP contribution in [-0.4, -0.2) is 36.3 Å². The first kappa shape index (κ1) is 14.1. The van der Waals surface area contributed by atoms with Gasteiger partial charge in [0.25, 0.3) is 17.6 Å². The van der Waals surface area contributed by atoms with Crippen molar-refractivity contribution in [2.75, 3.05) is 20.3 Å². The number of carbonyl (C=O) groups excluding carboxylic acids is 1. The lowest BCUT2D eigenvalue weighted by Gasteiger charge is -2.00. The molecule has 1 amide bonds. The molecule has 0 atom stereocenters. The van der Waals surface area contributed by atoms with Crippen LogP contribution in [0.15, 0.2) is 28.8 Å². The molecule has 1 aromatic carbocycles. The summed E-state index contributed by atoms with van der Waals surface area (Å²) < 4.78 is 23.3. The summed E-state index contributed by atoms with van der Waals surface area (Å²) in [6.45, 7) is 0.989. The van der Waals surface area contributed by atoms with Crippen molar-refractivity contribution in [3.63, 3.8) is 0 Å². The zero-order chi connectivity index (χ0) is 14.4. The molecule has 6 nitrogen and oxygen atoms in total. The molecule has 106 valence electrons. The third kappa shape index (κ3) is 3.39. The Kier molecular flexibility index (Phi) is 4.78. The van der Waals surface area contributed by atoms with E-state index in [2.05, 4.69) is 15.5 Å². The largest absolute Gasteiger partial charge is 0.385 e. The Morgan fingerprint density at radius 1 is 1.45 bits per heavy atom. The van der Waals surface area contributed by atoms with Crippen LogP contribution in [0.1, 0.15) is 17.0 Å². The minimum atomic E-state index is -0.483. The van der Waals surface area contributed by atoms with Gasteiger partial charge in [-0.25, -0.2) is 4.39 Å². The third-order valence-electron chi connectivity index (χ3n) is 2.54. The second kappa shape index (κ2) is 6.76. The Hall–Kier alpha value is -2.28. The SMILES string of the molecule is COCCCNC(=O)c1noc(-c2ccccc2F)n1. The lowest BCUT2D eigenvalue weighted by Crippen LogP contribution is -2.26. The van der Waals surface area contributed by atoms with Crippen LogP contribution in [0.2, 0.25) is 0 Å². The number of methoxy groups -OCH3 is 1. The molecule has 20 heavy (non-hydrogen) atoms. The molecule has 2 aromatic rings. The Bertz CT molecular complexity index is 586. The second-order valence-electron chi connectivity index (χ2n) is 4.01. The molecule has 0 unspecified atom stereocenters. The number of ether oxygens (including phenoxy) is 1. The smallest absolute Gasteiger partial charge is 0.292 e. The number of benzene rings is 1. The number of hydrogen-bond donors (Lipinski definition) is 1. The van der Waals surface area contributed by atoms with Crippen molar-refractivity contribution in [1.29, 1.82) is 0 Å². The van der Waals surface area contributed by atoms with E-state index < -0.39 is 11.7 Å². The topological polar surface area (TPSA) is 77.2 Å². The van der Waals surface area contributed by atoms with Crippen molar-refractivity contribution < 1.29 is 18.4 Å². The van der Waals surface area contributed by atoms with Crippen LogP contribution in [0.5, 0.6) is 0 Å². The van der Waals surface area contributed by atoms with Crippen molar-refractivity contribution in [1.82, 2.24) is 15.5 Å². The molecule has 0 aliphatic carbocycles. The zero-order valence-corrected chi connectivity index (χ0v) is 10.9. The maximum Gasteiger partial charge on any atom is 0.292 e.